The molecule has 27 heavy (non-hydrogen) atoms. The number of hydrogen-bond acceptors (Lipinski definition) is 4. The average molecular weight is 388 g/mol. The van der Waals surface area contributed by atoms with E-state index in [-0.39, 0.29) is 17.8 Å². The Kier molecular flexibility index (Phi) is 4.47. The summed E-state index contributed by atoms with van der Waals surface area (Å²) < 4.78 is 15.0. The predicted octanol–water partition coefficient (Wildman–Crippen LogP) is 3.21. The molecule has 1 aliphatic rings. The summed E-state index contributed by atoms with van der Waals surface area (Å²) in [4.78, 5) is 18.2. The zero-order valence-electron chi connectivity index (χ0n) is 15.0. The van der Waals surface area contributed by atoms with Crippen molar-refractivity contribution in [2.75, 3.05) is 18.0 Å². The number of carbonyl (C=O) groups is 1. The van der Waals surface area contributed by atoms with E-state index in [0.717, 1.165) is 35.6 Å². The molecule has 2 aromatic heterocycles. The maximum atomic E-state index is 13.3. The Hall–Kier alpha value is -2.67. The number of rotatable bonds is 3. The minimum Gasteiger partial charge on any atom is -0.366 e. The largest absolute Gasteiger partial charge is 0.366 e. The molecular formula is C19H19ClFN5O. The third-order valence-corrected chi connectivity index (χ3v) is 4.95. The van der Waals surface area contributed by atoms with Crippen molar-refractivity contribution < 1.29 is 9.18 Å². The van der Waals surface area contributed by atoms with Crippen LogP contribution in [0.3, 0.4) is 0 Å². The number of nitrogens with zero attached hydrogens (tertiary/aromatic N) is 4. The van der Waals surface area contributed by atoms with E-state index < -0.39 is 0 Å². The summed E-state index contributed by atoms with van der Waals surface area (Å²) in [6, 6.07) is 8.14. The first-order valence-electron chi connectivity index (χ1n) is 8.76. The molecule has 0 spiro atoms. The van der Waals surface area contributed by atoms with E-state index in [1.807, 2.05) is 6.92 Å². The van der Waals surface area contributed by atoms with Crippen LogP contribution in [0.2, 0.25) is 5.15 Å². The molecule has 8 heteroatoms. The zero-order chi connectivity index (χ0) is 19.1. The van der Waals surface area contributed by atoms with E-state index in [2.05, 4.69) is 15.3 Å². The Morgan fingerprint density at radius 1 is 1.33 bits per heavy atom. The minimum atomic E-state index is -0.294. The molecule has 3 heterocycles. The molecule has 140 valence electrons. The fourth-order valence-corrected chi connectivity index (χ4v) is 3.82. The molecule has 0 unspecified atom stereocenters. The summed E-state index contributed by atoms with van der Waals surface area (Å²) in [5.74, 6) is -0.326. The van der Waals surface area contributed by atoms with Gasteiger partial charge in [-0.25, -0.2) is 13.9 Å². The Morgan fingerprint density at radius 2 is 2.07 bits per heavy atom. The standard InChI is InChI=1S/C19H19ClFN5O/c1-11-18(13-3-5-14(21)6-4-13)26-19(22-11)16(9-17(20)24-26)25-8-7-15(10-25)23-12(2)27/h3-6,9,15H,7-8,10H2,1-2H3,(H,23,27)/t15-/m1/s1. The van der Waals surface area contributed by atoms with Crippen LogP contribution in [0.1, 0.15) is 19.0 Å². The lowest BCUT2D eigenvalue weighted by Crippen LogP contribution is -2.35. The second-order valence-corrected chi connectivity index (χ2v) is 7.16. The van der Waals surface area contributed by atoms with Crippen LogP contribution in [-0.2, 0) is 4.79 Å². The average Bonchev–Trinajstić information content (AvgIpc) is 3.18. The van der Waals surface area contributed by atoms with Gasteiger partial charge in [-0.2, -0.15) is 5.10 Å². The summed E-state index contributed by atoms with van der Waals surface area (Å²) in [7, 11) is 0. The van der Waals surface area contributed by atoms with E-state index in [1.165, 1.54) is 19.1 Å². The van der Waals surface area contributed by atoms with Gasteiger partial charge in [0.15, 0.2) is 10.8 Å². The number of carbonyl (C=O) groups excluding carboxylic acids is 1. The third-order valence-electron chi connectivity index (χ3n) is 4.76. The fourth-order valence-electron chi connectivity index (χ4n) is 3.64. The van der Waals surface area contributed by atoms with Crippen molar-refractivity contribution in [1.29, 1.82) is 0 Å². The van der Waals surface area contributed by atoms with Gasteiger partial charge in [0.05, 0.1) is 17.1 Å². The van der Waals surface area contributed by atoms with E-state index in [4.69, 9.17) is 16.6 Å². The molecule has 6 nitrogen and oxygen atoms in total. The minimum absolute atomic E-state index is 0.0324. The number of halogens is 2. The van der Waals surface area contributed by atoms with E-state index >= 15 is 0 Å². The van der Waals surface area contributed by atoms with Gasteiger partial charge in [-0.05, 0) is 37.6 Å². The number of amides is 1. The van der Waals surface area contributed by atoms with Gasteiger partial charge in [-0.3, -0.25) is 4.79 Å². The molecule has 0 radical (unpaired) electrons. The van der Waals surface area contributed by atoms with Crippen LogP contribution in [-0.4, -0.2) is 39.6 Å². The molecule has 1 atom stereocenters. The van der Waals surface area contributed by atoms with Crippen LogP contribution in [0.4, 0.5) is 10.1 Å². The summed E-state index contributed by atoms with van der Waals surface area (Å²) in [5, 5.41) is 7.73. The van der Waals surface area contributed by atoms with Crippen molar-refractivity contribution in [3.8, 4) is 11.3 Å². The normalized spacial score (nSPS) is 16.9. The van der Waals surface area contributed by atoms with E-state index in [1.54, 1.807) is 22.7 Å². The Labute approximate surface area is 161 Å². The highest BCUT2D eigenvalue weighted by molar-refractivity contribution is 6.29. The monoisotopic (exact) mass is 387 g/mol. The first-order chi connectivity index (χ1) is 12.9. The van der Waals surface area contributed by atoms with Gasteiger partial charge in [0.25, 0.3) is 0 Å². The Bertz CT molecular complexity index is 1020. The maximum absolute atomic E-state index is 13.3. The van der Waals surface area contributed by atoms with Crippen LogP contribution in [0.5, 0.6) is 0 Å². The molecule has 1 saturated heterocycles. The molecular weight excluding hydrogens is 369 g/mol. The van der Waals surface area contributed by atoms with Crippen LogP contribution in [0.25, 0.3) is 16.9 Å². The van der Waals surface area contributed by atoms with Gasteiger partial charge < -0.3 is 10.2 Å². The summed E-state index contributed by atoms with van der Waals surface area (Å²) in [5.41, 5.74) is 3.96. The maximum Gasteiger partial charge on any atom is 0.217 e. The van der Waals surface area contributed by atoms with Crippen molar-refractivity contribution >= 4 is 28.8 Å². The Balaban J connectivity index is 1.78. The van der Waals surface area contributed by atoms with Crippen LogP contribution < -0.4 is 10.2 Å². The second-order valence-electron chi connectivity index (χ2n) is 6.77. The number of anilines is 1. The highest BCUT2D eigenvalue weighted by Gasteiger charge is 2.27. The predicted molar refractivity (Wildman–Crippen MR) is 103 cm³/mol. The molecule has 1 aliphatic heterocycles. The number of nitrogens with one attached hydrogen (secondary N) is 1. The van der Waals surface area contributed by atoms with Gasteiger partial charge in [0.2, 0.25) is 5.91 Å². The number of imidazole rings is 1. The van der Waals surface area contributed by atoms with Crippen molar-refractivity contribution in [3.63, 3.8) is 0 Å². The highest BCUT2D eigenvalue weighted by Crippen LogP contribution is 2.32. The van der Waals surface area contributed by atoms with Gasteiger partial charge in [0, 0.05) is 37.7 Å². The van der Waals surface area contributed by atoms with Crippen molar-refractivity contribution in [1.82, 2.24) is 19.9 Å². The quantitative estimate of drug-likeness (QED) is 0.749. The lowest BCUT2D eigenvalue weighted by atomic mass is 10.1. The molecule has 0 saturated carbocycles. The second kappa shape index (κ2) is 6.81. The molecule has 1 amide bonds. The van der Waals surface area contributed by atoms with Crippen LogP contribution in [0.15, 0.2) is 30.3 Å². The van der Waals surface area contributed by atoms with Gasteiger partial charge >= 0.3 is 0 Å². The van der Waals surface area contributed by atoms with Crippen molar-refractivity contribution in [2.24, 2.45) is 0 Å². The van der Waals surface area contributed by atoms with Crippen molar-refractivity contribution in [3.05, 3.63) is 47.0 Å². The molecule has 1 N–H and O–H groups in total. The summed E-state index contributed by atoms with van der Waals surface area (Å²) in [6.07, 6.45) is 0.857. The van der Waals surface area contributed by atoms with Gasteiger partial charge in [-0.15, -0.1) is 0 Å². The SMILES string of the molecule is CC(=O)N[C@@H]1CCN(c2cc(Cl)nn3c(-c4ccc(F)cc4)c(C)nc23)C1. The fraction of sp³-hybridized carbons (Fsp3) is 0.316. The molecule has 4 rings (SSSR count). The molecule has 3 aromatic rings. The lowest BCUT2D eigenvalue weighted by Gasteiger charge is -2.19. The smallest absolute Gasteiger partial charge is 0.217 e. The number of benzene rings is 1. The highest BCUT2D eigenvalue weighted by atomic mass is 35.5. The van der Waals surface area contributed by atoms with Crippen LogP contribution in [0, 0.1) is 12.7 Å². The molecule has 0 aliphatic carbocycles. The van der Waals surface area contributed by atoms with Gasteiger partial charge in [0.1, 0.15) is 5.82 Å². The topological polar surface area (TPSA) is 62.5 Å². The first-order valence-corrected chi connectivity index (χ1v) is 9.14. The summed E-state index contributed by atoms with van der Waals surface area (Å²) >= 11 is 6.30. The number of hydrogen-bond donors (Lipinski definition) is 1. The lowest BCUT2D eigenvalue weighted by molar-refractivity contribution is -0.119. The first kappa shape index (κ1) is 17.7. The molecule has 1 aromatic carbocycles. The van der Waals surface area contributed by atoms with E-state index in [0.29, 0.717) is 17.3 Å². The van der Waals surface area contributed by atoms with E-state index in [9.17, 15) is 9.18 Å². The number of aromatic nitrogens is 3. The zero-order valence-corrected chi connectivity index (χ0v) is 15.8. The van der Waals surface area contributed by atoms with Gasteiger partial charge in [-0.1, -0.05) is 11.6 Å². The Morgan fingerprint density at radius 3 is 2.78 bits per heavy atom. The third kappa shape index (κ3) is 3.35. The van der Waals surface area contributed by atoms with Crippen LogP contribution >= 0.6 is 11.6 Å². The molecule has 1 fully saturated rings. The van der Waals surface area contributed by atoms with Crippen molar-refractivity contribution in [2.45, 2.75) is 26.3 Å². The molecule has 0 bridgehead atoms. The summed E-state index contributed by atoms with van der Waals surface area (Å²) in [6.45, 7) is 4.90. The number of fused-ring (bicyclic) bond motifs is 1. The number of aryl methyl sites for hydroxylation is 1.